The Labute approximate surface area is 110 Å². The third kappa shape index (κ3) is 3.95. The van der Waals surface area contributed by atoms with Gasteiger partial charge in [0.05, 0.1) is 5.25 Å². The SMILES string of the molecule is CC(C)C(=O)N1CCC(NS(=O)(=O)C(C)C)CC1. The Morgan fingerprint density at radius 1 is 1.17 bits per heavy atom. The quantitative estimate of drug-likeness (QED) is 0.831. The van der Waals surface area contributed by atoms with Crippen LogP contribution in [0.3, 0.4) is 0 Å². The van der Waals surface area contributed by atoms with Crippen molar-refractivity contribution >= 4 is 15.9 Å². The van der Waals surface area contributed by atoms with Crippen LogP contribution in [0.1, 0.15) is 40.5 Å². The largest absolute Gasteiger partial charge is 0.342 e. The van der Waals surface area contributed by atoms with Gasteiger partial charge in [0.1, 0.15) is 0 Å². The minimum Gasteiger partial charge on any atom is -0.342 e. The number of likely N-dealkylation sites (tertiary alicyclic amines) is 1. The lowest BCUT2D eigenvalue weighted by Crippen LogP contribution is -2.48. The molecule has 6 heteroatoms. The molecule has 0 aromatic rings. The minimum absolute atomic E-state index is 0.00825. The molecule has 1 heterocycles. The van der Waals surface area contributed by atoms with Gasteiger partial charge in [-0.15, -0.1) is 0 Å². The van der Waals surface area contributed by atoms with E-state index in [1.54, 1.807) is 13.8 Å². The fraction of sp³-hybridized carbons (Fsp3) is 0.917. The van der Waals surface area contributed by atoms with Gasteiger partial charge in [-0.2, -0.15) is 0 Å². The van der Waals surface area contributed by atoms with Crippen LogP contribution in [0.5, 0.6) is 0 Å². The lowest BCUT2D eigenvalue weighted by Gasteiger charge is -2.33. The molecule has 0 atom stereocenters. The first-order chi connectivity index (χ1) is 8.24. The van der Waals surface area contributed by atoms with Gasteiger partial charge in [0, 0.05) is 25.0 Å². The summed E-state index contributed by atoms with van der Waals surface area (Å²) in [5, 5.41) is -0.409. The molecule has 0 unspecified atom stereocenters. The topological polar surface area (TPSA) is 66.5 Å². The molecule has 106 valence electrons. The second-order valence-corrected chi connectivity index (χ2v) is 7.73. The van der Waals surface area contributed by atoms with E-state index in [0.29, 0.717) is 25.9 Å². The summed E-state index contributed by atoms with van der Waals surface area (Å²) in [4.78, 5) is 13.6. The highest BCUT2D eigenvalue weighted by Gasteiger charge is 2.27. The van der Waals surface area contributed by atoms with Crippen molar-refractivity contribution < 1.29 is 13.2 Å². The van der Waals surface area contributed by atoms with Crippen molar-refractivity contribution in [2.45, 2.75) is 51.8 Å². The van der Waals surface area contributed by atoms with Crippen LogP contribution >= 0.6 is 0 Å². The molecule has 1 N–H and O–H groups in total. The van der Waals surface area contributed by atoms with Crippen molar-refractivity contribution in [3.63, 3.8) is 0 Å². The second kappa shape index (κ2) is 6.02. The van der Waals surface area contributed by atoms with Crippen LogP contribution in [0.2, 0.25) is 0 Å². The van der Waals surface area contributed by atoms with Gasteiger partial charge in [-0.1, -0.05) is 13.8 Å². The highest BCUT2D eigenvalue weighted by atomic mass is 32.2. The van der Waals surface area contributed by atoms with Gasteiger partial charge < -0.3 is 4.90 Å². The van der Waals surface area contributed by atoms with Crippen molar-refractivity contribution in [1.82, 2.24) is 9.62 Å². The third-order valence-corrected chi connectivity index (χ3v) is 5.16. The number of nitrogens with zero attached hydrogens (tertiary/aromatic N) is 1. The predicted octanol–water partition coefficient (Wildman–Crippen LogP) is 0.961. The van der Waals surface area contributed by atoms with Crippen LogP contribution < -0.4 is 4.72 Å². The standard InChI is InChI=1S/C12H24N2O3S/c1-9(2)12(15)14-7-5-11(6-8-14)13-18(16,17)10(3)4/h9-11,13H,5-8H2,1-4H3. The maximum atomic E-state index is 11.8. The Morgan fingerprint density at radius 2 is 1.67 bits per heavy atom. The molecule has 18 heavy (non-hydrogen) atoms. The Bertz CT molecular complexity index is 382. The number of carbonyl (C=O) groups excluding carboxylic acids is 1. The average Bonchev–Trinajstić information content (AvgIpc) is 2.28. The van der Waals surface area contributed by atoms with E-state index in [1.165, 1.54) is 0 Å². The zero-order valence-corrected chi connectivity index (χ0v) is 12.5. The molecular formula is C12H24N2O3S. The zero-order valence-electron chi connectivity index (χ0n) is 11.6. The first-order valence-corrected chi connectivity index (χ1v) is 8.08. The fourth-order valence-corrected chi connectivity index (χ4v) is 2.92. The lowest BCUT2D eigenvalue weighted by molar-refractivity contribution is -0.135. The smallest absolute Gasteiger partial charge is 0.225 e. The lowest BCUT2D eigenvalue weighted by atomic mass is 10.0. The summed E-state index contributed by atoms with van der Waals surface area (Å²) in [5.41, 5.74) is 0. The van der Waals surface area contributed by atoms with Crippen molar-refractivity contribution in [3.8, 4) is 0 Å². The molecule has 0 aromatic heterocycles. The molecular weight excluding hydrogens is 252 g/mol. The van der Waals surface area contributed by atoms with E-state index in [4.69, 9.17) is 0 Å². The molecule has 0 aromatic carbocycles. The first-order valence-electron chi connectivity index (χ1n) is 6.54. The van der Waals surface area contributed by atoms with E-state index in [0.717, 1.165) is 0 Å². The summed E-state index contributed by atoms with van der Waals surface area (Å²) < 4.78 is 26.2. The second-order valence-electron chi connectivity index (χ2n) is 5.47. The molecule has 0 aliphatic carbocycles. The van der Waals surface area contributed by atoms with Crippen molar-refractivity contribution in [2.75, 3.05) is 13.1 Å². The molecule has 1 aliphatic heterocycles. The maximum Gasteiger partial charge on any atom is 0.225 e. The van der Waals surface area contributed by atoms with Crippen LogP contribution in [-0.2, 0) is 14.8 Å². The molecule has 0 radical (unpaired) electrons. The molecule has 0 saturated carbocycles. The first kappa shape index (κ1) is 15.4. The molecule has 1 rings (SSSR count). The number of sulfonamides is 1. The summed E-state index contributed by atoms with van der Waals surface area (Å²) in [6, 6.07) is -0.0337. The van der Waals surface area contributed by atoms with Gasteiger partial charge >= 0.3 is 0 Å². The summed E-state index contributed by atoms with van der Waals surface area (Å²) in [6.07, 6.45) is 1.40. The number of amides is 1. The van der Waals surface area contributed by atoms with Gasteiger partial charge in [-0.05, 0) is 26.7 Å². The van der Waals surface area contributed by atoms with E-state index in [1.807, 2.05) is 18.7 Å². The molecule has 5 nitrogen and oxygen atoms in total. The summed E-state index contributed by atoms with van der Waals surface area (Å²) in [7, 11) is -3.21. The van der Waals surface area contributed by atoms with E-state index in [-0.39, 0.29) is 17.9 Å². The average molecular weight is 276 g/mol. The normalized spacial score (nSPS) is 18.7. The van der Waals surface area contributed by atoms with E-state index in [2.05, 4.69) is 4.72 Å². The van der Waals surface area contributed by atoms with E-state index in [9.17, 15) is 13.2 Å². The number of rotatable bonds is 4. The van der Waals surface area contributed by atoms with Crippen molar-refractivity contribution in [2.24, 2.45) is 5.92 Å². The van der Waals surface area contributed by atoms with Gasteiger partial charge in [0.15, 0.2) is 0 Å². The number of nitrogens with one attached hydrogen (secondary N) is 1. The highest BCUT2D eigenvalue weighted by Crippen LogP contribution is 2.14. The van der Waals surface area contributed by atoms with Crippen LogP contribution in [0.4, 0.5) is 0 Å². The highest BCUT2D eigenvalue weighted by molar-refractivity contribution is 7.90. The van der Waals surface area contributed by atoms with Crippen molar-refractivity contribution in [1.29, 1.82) is 0 Å². The van der Waals surface area contributed by atoms with Crippen LogP contribution in [-0.4, -0.2) is 43.6 Å². The number of hydrogen-bond acceptors (Lipinski definition) is 3. The molecule has 1 amide bonds. The molecule has 0 spiro atoms. The summed E-state index contributed by atoms with van der Waals surface area (Å²) >= 11 is 0. The maximum absolute atomic E-state index is 11.8. The van der Waals surface area contributed by atoms with Gasteiger partial charge in [-0.3, -0.25) is 4.79 Å². The minimum atomic E-state index is -3.21. The predicted molar refractivity (Wildman–Crippen MR) is 71.6 cm³/mol. The van der Waals surface area contributed by atoms with Gasteiger partial charge in [0.25, 0.3) is 0 Å². The molecule has 1 fully saturated rings. The summed E-state index contributed by atoms with van der Waals surface area (Å²) in [6.45, 7) is 8.38. The Kier molecular flexibility index (Phi) is 5.16. The van der Waals surface area contributed by atoms with Crippen molar-refractivity contribution in [3.05, 3.63) is 0 Å². The van der Waals surface area contributed by atoms with E-state index >= 15 is 0 Å². The van der Waals surface area contributed by atoms with Crippen LogP contribution in [0.15, 0.2) is 0 Å². The van der Waals surface area contributed by atoms with Gasteiger partial charge in [-0.25, -0.2) is 13.1 Å². The number of carbonyl (C=O) groups is 1. The Morgan fingerprint density at radius 3 is 2.06 bits per heavy atom. The summed E-state index contributed by atoms with van der Waals surface area (Å²) in [5.74, 6) is 0.161. The third-order valence-electron chi connectivity index (χ3n) is 3.25. The number of piperidine rings is 1. The van der Waals surface area contributed by atoms with E-state index < -0.39 is 15.3 Å². The Hall–Kier alpha value is -0.620. The molecule has 1 saturated heterocycles. The molecule has 0 bridgehead atoms. The van der Waals surface area contributed by atoms with Gasteiger partial charge in [0.2, 0.25) is 15.9 Å². The molecule has 1 aliphatic rings. The fourth-order valence-electron chi connectivity index (χ4n) is 1.95. The Balaban J connectivity index is 2.48. The monoisotopic (exact) mass is 276 g/mol. The number of hydrogen-bond donors (Lipinski definition) is 1. The zero-order chi connectivity index (χ0) is 13.9. The van der Waals surface area contributed by atoms with Crippen LogP contribution in [0.25, 0.3) is 0 Å². The van der Waals surface area contributed by atoms with Crippen LogP contribution in [0, 0.1) is 5.92 Å².